The zero-order valence-electron chi connectivity index (χ0n) is 11.6. The molecule has 20 heavy (non-hydrogen) atoms. The van der Waals surface area contributed by atoms with Gasteiger partial charge in [-0.2, -0.15) is 20.1 Å². The highest BCUT2D eigenvalue weighted by molar-refractivity contribution is 5.32. The number of anilines is 2. The topological polar surface area (TPSA) is 117 Å². The Morgan fingerprint density at radius 2 is 2.20 bits per heavy atom. The molecule has 9 nitrogen and oxygen atoms in total. The number of hydrogen-bond acceptors (Lipinski definition) is 8. The summed E-state index contributed by atoms with van der Waals surface area (Å²) in [7, 11) is 1.83. The van der Waals surface area contributed by atoms with Crippen LogP contribution in [-0.2, 0) is 13.5 Å². The third-order valence-corrected chi connectivity index (χ3v) is 2.35. The lowest BCUT2D eigenvalue weighted by Crippen LogP contribution is -2.12. The van der Waals surface area contributed by atoms with Crippen molar-refractivity contribution in [3.63, 3.8) is 0 Å². The van der Waals surface area contributed by atoms with Gasteiger partial charge in [0.2, 0.25) is 11.9 Å². The first-order valence-electron chi connectivity index (χ1n) is 6.40. The Balaban J connectivity index is 1.89. The molecule has 2 rings (SSSR count). The predicted octanol–water partition coefficient (Wildman–Crippen LogP) is 0.0257. The summed E-state index contributed by atoms with van der Waals surface area (Å²) in [6, 6.07) is 0.234. The summed E-state index contributed by atoms with van der Waals surface area (Å²) in [5.74, 6) is 1.27. The van der Waals surface area contributed by atoms with Crippen molar-refractivity contribution in [2.75, 3.05) is 24.2 Å². The normalized spacial score (nSPS) is 10.5. The lowest BCUT2D eigenvalue weighted by Gasteiger charge is -2.06. The van der Waals surface area contributed by atoms with Crippen molar-refractivity contribution in [3.05, 3.63) is 12.2 Å². The summed E-state index contributed by atoms with van der Waals surface area (Å²) >= 11 is 0. The molecule has 0 radical (unpaired) electrons. The molecule has 0 aliphatic heterocycles. The number of ether oxygens (including phenoxy) is 1. The first-order valence-corrected chi connectivity index (χ1v) is 6.40. The molecule has 0 fully saturated rings. The number of aryl methyl sites for hydroxylation is 1. The number of nitrogens with one attached hydrogen (secondary N) is 1. The van der Waals surface area contributed by atoms with Crippen molar-refractivity contribution in [2.45, 2.75) is 19.8 Å². The van der Waals surface area contributed by atoms with E-state index in [1.807, 2.05) is 14.0 Å². The van der Waals surface area contributed by atoms with E-state index >= 15 is 0 Å². The zero-order valence-corrected chi connectivity index (χ0v) is 11.6. The molecule has 0 spiro atoms. The molecule has 0 atom stereocenters. The van der Waals surface area contributed by atoms with Crippen LogP contribution in [0.1, 0.15) is 19.2 Å². The lowest BCUT2D eigenvalue weighted by molar-refractivity contribution is 0.292. The number of nitrogens with zero attached hydrogens (tertiary/aromatic N) is 6. The van der Waals surface area contributed by atoms with Crippen LogP contribution in [0.2, 0.25) is 0 Å². The van der Waals surface area contributed by atoms with E-state index in [1.165, 1.54) is 0 Å². The summed E-state index contributed by atoms with van der Waals surface area (Å²) in [5, 5.41) is 7.23. The Kier molecular flexibility index (Phi) is 4.64. The van der Waals surface area contributed by atoms with Crippen LogP contribution in [0.15, 0.2) is 6.33 Å². The van der Waals surface area contributed by atoms with Gasteiger partial charge in [-0.1, -0.05) is 6.92 Å². The van der Waals surface area contributed by atoms with Crippen molar-refractivity contribution >= 4 is 11.9 Å². The van der Waals surface area contributed by atoms with Gasteiger partial charge in [0.25, 0.3) is 0 Å². The van der Waals surface area contributed by atoms with E-state index in [2.05, 4.69) is 30.4 Å². The van der Waals surface area contributed by atoms with Gasteiger partial charge in [0, 0.05) is 20.0 Å². The maximum atomic E-state index is 5.61. The predicted molar refractivity (Wildman–Crippen MR) is 73.2 cm³/mol. The molecule has 3 N–H and O–H groups in total. The SMILES string of the molecule is CCCOc1nc(N)nc(NCCc2ncn(C)n2)n1. The Hall–Kier alpha value is -2.45. The van der Waals surface area contributed by atoms with Gasteiger partial charge in [0.15, 0.2) is 5.82 Å². The smallest absolute Gasteiger partial charge is 0.323 e. The Bertz CT molecular complexity index is 555. The van der Waals surface area contributed by atoms with E-state index in [9.17, 15) is 0 Å². The average molecular weight is 278 g/mol. The molecule has 2 heterocycles. The molecule has 2 aromatic rings. The molecular weight excluding hydrogens is 260 g/mol. The molecule has 108 valence electrons. The van der Waals surface area contributed by atoms with Gasteiger partial charge >= 0.3 is 6.01 Å². The van der Waals surface area contributed by atoms with Gasteiger partial charge < -0.3 is 15.8 Å². The van der Waals surface area contributed by atoms with Gasteiger partial charge in [0.1, 0.15) is 6.33 Å². The van der Waals surface area contributed by atoms with E-state index in [-0.39, 0.29) is 12.0 Å². The summed E-state index contributed by atoms with van der Waals surface area (Å²) in [5.41, 5.74) is 5.61. The molecule has 0 saturated carbocycles. The summed E-state index contributed by atoms with van der Waals surface area (Å²) in [6.45, 7) is 3.14. The van der Waals surface area contributed by atoms with Gasteiger partial charge in [-0.3, -0.25) is 4.68 Å². The number of nitrogen functional groups attached to an aromatic ring is 1. The minimum Gasteiger partial charge on any atom is -0.463 e. The monoisotopic (exact) mass is 278 g/mol. The highest BCUT2D eigenvalue weighted by Gasteiger charge is 2.05. The number of hydrogen-bond donors (Lipinski definition) is 2. The maximum absolute atomic E-state index is 5.61. The van der Waals surface area contributed by atoms with E-state index in [4.69, 9.17) is 10.5 Å². The fourth-order valence-electron chi connectivity index (χ4n) is 1.49. The molecule has 0 bridgehead atoms. The number of aromatic nitrogens is 6. The van der Waals surface area contributed by atoms with Crippen LogP contribution < -0.4 is 15.8 Å². The van der Waals surface area contributed by atoms with Crippen molar-refractivity contribution < 1.29 is 4.74 Å². The van der Waals surface area contributed by atoms with Gasteiger partial charge in [-0.05, 0) is 6.42 Å². The Labute approximate surface area is 116 Å². The minimum absolute atomic E-state index is 0.129. The van der Waals surface area contributed by atoms with Crippen molar-refractivity contribution in [1.29, 1.82) is 0 Å². The molecule has 9 heteroatoms. The van der Waals surface area contributed by atoms with Crippen LogP contribution >= 0.6 is 0 Å². The third-order valence-electron chi connectivity index (χ3n) is 2.35. The van der Waals surface area contributed by atoms with Crippen molar-refractivity contribution in [2.24, 2.45) is 7.05 Å². The highest BCUT2D eigenvalue weighted by atomic mass is 16.5. The van der Waals surface area contributed by atoms with Gasteiger partial charge in [0.05, 0.1) is 6.61 Å². The second-order valence-corrected chi connectivity index (χ2v) is 4.16. The Morgan fingerprint density at radius 1 is 1.35 bits per heavy atom. The molecule has 0 unspecified atom stereocenters. The third kappa shape index (κ3) is 4.04. The second kappa shape index (κ2) is 6.64. The zero-order chi connectivity index (χ0) is 14.4. The fourth-order valence-corrected chi connectivity index (χ4v) is 1.49. The van der Waals surface area contributed by atoms with Crippen molar-refractivity contribution in [1.82, 2.24) is 29.7 Å². The van der Waals surface area contributed by atoms with E-state index < -0.39 is 0 Å². The van der Waals surface area contributed by atoms with E-state index in [1.54, 1.807) is 11.0 Å². The summed E-state index contributed by atoms with van der Waals surface area (Å²) in [4.78, 5) is 16.2. The molecule has 2 aromatic heterocycles. The summed E-state index contributed by atoms with van der Waals surface area (Å²) in [6.07, 6.45) is 3.20. The standard InChI is InChI=1S/C11H18N8O/c1-3-6-20-11-16-9(12)15-10(17-11)13-5-4-8-14-7-19(2)18-8/h7H,3-6H2,1-2H3,(H3,12,13,15,16,17). The molecule has 0 amide bonds. The number of nitrogens with two attached hydrogens (primary N) is 1. The van der Waals surface area contributed by atoms with Crippen LogP contribution in [0, 0.1) is 0 Å². The van der Waals surface area contributed by atoms with Crippen LogP contribution in [0.25, 0.3) is 0 Å². The van der Waals surface area contributed by atoms with Crippen LogP contribution in [0.4, 0.5) is 11.9 Å². The number of rotatable bonds is 7. The second-order valence-electron chi connectivity index (χ2n) is 4.16. The maximum Gasteiger partial charge on any atom is 0.323 e. The van der Waals surface area contributed by atoms with Gasteiger partial charge in [-0.15, -0.1) is 0 Å². The largest absolute Gasteiger partial charge is 0.463 e. The minimum atomic E-state index is 0.129. The average Bonchev–Trinajstić information content (AvgIpc) is 2.81. The molecular formula is C11H18N8O. The van der Waals surface area contributed by atoms with Gasteiger partial charge in [-0.25, -0.2) is 4.98 Å². The lowest BCUT2D eigenvalue weighted by atomic mass is 10.4. The molecule has 0 saturated heterocycles. The fraction of sp³-hybridized carbons (Fsp3) is 0.545. The summed E-state index contributed by atoms with van der Waals surface area (Å²) < 4.78 is 6.99. The van der Waals surface area contributed by atoms with E-state index in [0.717, 1.165) is 12.2 Å². The molecule has 0 aromatic carbocycles. The quantitative estimate of drug-likeness (QED) is 0.728. The van der Waals surface area contributed by atoms with Crippen LogP contribution in [-0.4, -0.2) is 42.9 Å². The first kappa shape index (κ1) is 14.0. The first-order chi connectivity index (χ1) is 9.67. The Morgan fingerprint density at radius 3 is 2.90 bits per heavy atom. The van der Waals surface area contributed by atoms with Crippen molar-refractivity contribution in [3.8, 4) is 6.01 Å². The highest BCUT2D eigenvalue weighted by Crippen LogP contribution is 2.09. The molecule has 0 aliphatic rings. The van der Waals surface area contributed by atoms with Crippen LogP contribution in [0.5, 0.6) is 6.01 Å². The van der Waals surface area contributed by atoms with Crippen LogP contribution in [0.3, 0.4) is 0 Å². The van der Waals surface area contributed by atoms with E-state index in [0.29, 0.717) is 25.5 Å². The molecule has 0 aliphatic carbocycles.